The largest absolute Gasteiger partial charge is 0.454 e. The van der Waals surface area contributed by atoms with Gasteiger partial charge in [0.15, 0.2) is 5.69 Å². The van der Waals surface area contributed by atoms with Crippen LogP contribution in [0.2, 0.25) is 0 Å². The van der Waals surface area contributed by atoms with Gasteiger partial charge in [-0.1, -0.05) is 18.2 Å². The second-order valence-corrected chi connectivity index (χ2v) is 5.64. The fraction of sp³-hybridized carbons (Fsp3) is 0.222. The summed E-state index contributed by atoms with van der Waals surface area (Å²) in [5.41, 5.74) is 4.47. The van der Waals surface area contributed by atoms with E-state index in [1.165, 1.54) is 29.8 Å². The van der Waals surface area contributed by atoms with Crippen molar-refractivity contribution in [3.8, 4) is 5.69 Å². The minimum Gasteiger partial charge on any atom is -0.454 e. The number of nitrogens with zero attached hydrogens (tertiary/aromatic N) is 4. The van der Waals surface area contributed by atoms with E-state index >= 15 is 0 Å². The molecule has 0 atom stereocenters. The van der Waals surface area contributed by atoms with Gasteiger partial charge in [-0.3, -0.25) is 4.98 Å². The molecule has 2 heterocycles. The summed E-state index contributed by atoms with van der Waals surface area (Å²) in [6, 6.07) is 10.0. The quantitative estimate of drug-likeness (QED) is 0.691. The van der Waals surface area contributed by atoms with Crippen molar-refractivity contribution in [1.29, 1.82) is 0 Å². The highest BCUT2D eigenvalue weighted by molar-refractivity contribution is 5.86. The molecule has 0 saturated heterocycles. The van der Waals surface area contributed by atoms with Crippen LogP contribution in [0.4, 0.5) is 0 Å². The van der Waals surface area contributed by atoms with E-state index in [-0.39, 0.29) is 12.3 Å². The minimum atomic E-state index is -0.482. The lowest BCUT2D eigenvalue weighted by Crippen LogP contribution is -2.09. The molecule has 4 rings (SSSR count). The Labute approximate surface area is 139 Å². The molecule has 6 heteroatoms. The monoisotopic (exact) mass is 320 g/mol. The Bertz CT molecular complexity index is 859. The Balaban J connectivity index is 1.57. The van der Waals surface area contributed by atoms with Gasteiger partial charge >= 0.3 is 5.97 Å². The van der Waals surface area contributed by atoms with Gasteiger partial charge in [0.2, 0.25) is 0 Å². The van der Waals surface area contributed by atoms with Gasteiger partial charge in [0.25, 0.3) is 0 Å². The molecule has 1 aliphatic carbocycles. The number of hydrogen-bond donors (Lipinski definition) is 0. The molecule has 0 fully saturated rings. The molecule has 0 N–H and O–H groups in total. The van der Waals surface area contributed by atoms with Crippen molar-refractivity contribution in [2.75, 3.05) is 0 Å². The van der Waals surface area contributed by atoms with Gasteiger partial charge in [0.05, 0.1) is 11.9 Å². The van der Waals surface area contributed by atoms with Crippen LogP contribution in [0.25, 0.3) is 5.69 Å². The van der Waals surface area contributed by atoms with Crippen LogP contribution in [0.5, 0.6) is 0 Å². The molecule has 2 aromatic heterocycles. The first kappa shape index (κ1) is 14.6. The molecule has 0 saturated carbocycles. The molecule has 3 aromatic rings. The number of fused-ring (bicyclic) bond motifs is 1. The average Bonchev–Trinajstić information content (AvgIpc) is 3.24. The van der Waals surface area contributed by atoms with Gasteiger partial charge < -0.3 is 4.74 Å². The summed E-state index contributed by atoms with van der Waals surface area (Å²) in [4.78, 5) is 19.9. The third-order valence-electron chi connectivity index (χ3n) is 4.13. The molecule has 120 valence electrons. The molecule has 24 heavy (non-hydrogen) atoms. The molecule has 0 unspecified atom stereocenters. The van der Waals surface area contributed by atoms with Gasteiger partial charge in [-0.15, -0.1) is 0 Å². The van der Waals surface area contributed by atoms with Crippen molar-refractivity contribution in [2.24, 2.45) is 0 Å². The number of ether oxygens (including phenoxy) is 1. The Morgan fingerprint density at radius 2 is 2.04 bits per heavy atom. The summed E-state index contributed by atoms with van der Waals surface area (Å²) >= 11 is 0. The van der Waals surface area contributed by atoms with Crippen molar-refractivity contribution < 1.29 is 9.53 Å². The fourth-order valence-electron chi connectivity index (χ4n) is 3.02. The predicted molar refractivity (Wildman–Crippen MR) is 86.7 cm³/mol. The van der Waals surface area contributed by atoms with Gasteiger partial charge in [0.1, 0.15) is 12.3 Å². The molecule has 6 nitrogen and oxygen atoms in total. The average molecular weight is 320 g/mol. The maximum absolute atomic E-state index is 12.0. The molecule has 1 aromatic carbocycles. The predicted octanol–water partition coefficient (Wildman–Crippen LogP) is 2.51. The molecule has 0 spiro atoms. The zero-order valence-electron chi connectivity index (χ0n) is 13.1. The van der Waals surface area contributed by atoms with Crippen molar-refractivity contribution >= 4 is 5.97 Å². The fourth-order valence-corrected chi connectivity index (χ4v) is 3.02. The summed E-state index contributed by atoms with van der Waals surface area (Å²) in [5.74, 6) is -0.482. The van der Waals surface area contributed by atoms with Crippen LogP contribution < -0.4 is 0 Å². The smallest absolute Gasteiger partial charge is 0.358 e. The van der Waals surface area contributed by atoms with Crippen LogP contribution in [0, 0.1) is 0 Å². The van der Waals surface area contributed by atoms with Gasteiger partial charge in [-0.25, -0.2) is 14.5 Å². The number of carbonyl (C=O) groups is 1. The van der Waals surface area contributed by atoms with Crippen LogP contribution in [0.15, 0.2) is 48.9 Å². The summed E-state index contributed by atoms with van der Waals surface area (Å²) < 4.78 is 7.34. The molecular formula is C18H16N4O2. The zero-order valence-corrected chi connectivity index (χ0v) is 13.1. The second kappa shape index (κ2) is 6.23. The lowest BCUT2D eigenvalue weighted by molar-refractivity contribution is 0.0459. The maximum Gasteiger partial charge on any atom is 0.358 e. The number of aromatic nitrogens is 4. The number of esters is 1. The van der Waals surface area contributed by atoms with Crippen molar-refractivity contribution in [1.82, 2.24) is 19.7 Å². The van der Waals surface area contributed by atoms with Crippen LogP contribution in [-0.2, 0) is 24.2 Å². The van der Waals surface area contributed by atoms with Crippen molar-refractivity contribution in [3.05, 3.63) is 71.6 Å². The van der Waals surface area contributed by atoms with Crippen LogP contribution >= 0.6 is 0 Å². The molecule has 0 bridgehead atoms. The number of hydrogen-bond acceptors (Lipinski definition) is 5. The normalized spacial score (nSPS) is 12.8. The molecule has 0 radical (unpaired) electrons. The standard InChI is InChI=1S/C18H16N4O2/c23-18(15-11-19-9-10-20-15)24-12-16-14-7-4-8-17(14)22(21-16)13-5-2-1-3-6-13/h1-3,5-6,9-11H,4,7-8,12H2. The zero-order chi connectivity index (χ0) is 16.4. The first-order valence-corrected chi connectivity index (χ1v) is 7.91. The first-order valence-electron chi connectivity index (χ1n) is 7.91. The van der Waals surface area contributed by atoms with Crippen LogP contribution in [-0.4, -0.2) is 25.7 Å². The summed E-state index contributed by atoms with van der Waals surface area (Å²) in [6.45, 7) is 0.150. The van der Waals surface area contributed by atoms with E-state index in [9.17, 15) is 4.79 Å². The Morgan fingerprint density at radius 3 is 2.83 bits per heavy atom. The Morgan fingerprint density at radius 1 is 1.17 bits per heavy atom. The number of benzene rings is 1. The molecule has 0 aliphatic heterocycles. The molecule has 1 aliphatic rings. The van der Waals surface area contributed by atoms with E-state index in [0.29, 0.717) is 0 Å². The highest BCUT2D eigenvalue weighted by Crippen LogP contribution is 2.28. The minimum absolute atomic E-state index is 0.150. The lowest BCUT2D eigenvalue weighted by Gasteiger charge is -2.05. The van der Waals surface area contributed by atoms with Gasteiger partial charge in [0, 0.05) is 23.7 Å². The summed E-state index contributed by atoms with van der Waals surface area (Å²) in [5, 5.41) is 4.67. The first-order chi connectivity index (χ1) is 11.8. The van der Waals surface area contributed by atoms with E-state index in [2.05, 4.69) is 15.1 Å². The molecule has 0 amide bonds. The topological polar surface area (TPSA) is 69.9 Å². The highest BCUT2D eigenvalue weighted by atomic mass is 16.5. The van der Waals surface area contributed by atoms with E-state index in [4.69, 9.17) is 4.74 Å². The third kappa shape index (κ3) is 2.67. The lowest BCUT2D eigenvalue weighted by atomic mass is 10.2. The molecular weight excluding hydrogens is 304 g/mol. The summed E-state index contributed by atoms with van der Waals surface area (Å²) in [7, 11) is 0. The summed E-state index contributed by atoms with van der Waals surface area (Å²) in [6.07, 6.45) is 7.46. The SMILES string of the molecule is O=C(OCc1nn(-c2ccccc2)c2c1CCC2)c1cnccn1. The van der Waals surface area contributed by atoms with Crippen LogP contribution in [0.3, 0.4) is 0 Å². The third-order valence-corrected chi connectivity index (χ3v) is 4.13. The van der Waals surface area contributed by atoms with Crippen molar-refractivity contribution in [3.63, 3.8) is 0 Å². The number of para-hydroxylation sites is 1. The van der Waals surface area contributed by atoms with Gasteiger partial charge in [-0.05, 0) is 31.4 Å². The van der Waals surface area contributed by atoms with E-state index in [1.807, 2.05) is 35.0 Å². The number of carbonyl (C=O) groups excluding carboxylic acids is 1. The van der Waals surface area contributed by atoms with E-state index in [1.54, 1.807) is 0 Å². The Kier molecular flexibility index (Phi) is 3.78. The van der Waals surface area contributed by atoms with Crippen molar-refractivity contribution in [2.45, 2.75) is 25.9 Å². The maximum atomic E-state index is 12.0. The van der Waals surface area contributed by atoms with E-state index in [0.717, 1.165) is 30.6 Å². The second-order valence-electron chi connectivity index (χ2n) is 5.64. The van der Waals surface area contributed by atoms with Crippen LogP contribution in [0.1, 0.15) is 33.9 Å². The van der Waals surface area contributed by atoms with Gasteiger partial charge in [-0.2, -0.15) is 5.10 Å². The number of rotatable bonds is 4. The van der Waals surface area contributed by atoms with E-state index < -0.39 is 5.97 Å². The Hall–Kier alpha value is -3.02. The highest BCUT2D eigenvalue weighted by Gasteiger charge is 2.24.